The van der Waals surface area contributed by atoms with Crippen LogP contribution in [-0.4, -0.2) is 77.1 Å². The van der Waals surface area contributed by atoms with Gasteiger partial charge in [-0.3, -0.25) is 4.79 Å². The molecule has 9 nitrogen and oxygen atoms in total. The Kier molecular flexibility index (Phi) is 7.09. The zero-order chi connectivity index (χ0) is 25.1. The highest BCUT2D eigenvalue weighted by Gasteiger charge is 2.49. The fourth-order valence-electron chi connectivity index (χ4n) is 5.79. The largest absolute Gasteiger partial charge is 0.368 e. The number of nitrogens with one attached hydrogen (secondary N) is 2. The van der Waals surface area contributed by atoms with E-state index in [0.29, 0.717) is 18.3 Å². The van der Waals surface area contributed by atoms with E-state index in [0.717, 1.165) is 56.1 Å². The number of pyridine rings is 1. The van der Waals surface area contributed by atoms with Gasteiger partial charge in [0.15, 0.2) is 0 Å². The number of fused-ring (bicyclic) bond motifs is 4. The van der Waals surface area contributed by atoms with Gasteiger partial charge in [0.1, 0.15) is 17.7 Å². The summed E-state index contributed by atoms with van der Waals surface area (Å²) in [6.45, 7) is 8.83. The zero-order valence-corrected chi connectivity index (χ0v) is 21.7. The quantitative estimate of drug-likeness (QED) is 0.677. The molecule has 2 N–H and O–H groups in total. The number of hydrogen-bond acceptors (Lipinski definition) is 8. The van der Waals surface area contributed by atoms with E-state index >= 15 is 0 Å². The van der Waals surface area contributed by atoms with Gasteiger partial charge in [0.05, 0.1) is 17.4 Å². The molecule has 3 aliphatic heterocycles. The number of aromatic nitrogens is 3. The van der Waals surface area contributed by atoms with Crippen LogP contribution in [0.4, 0.5) is 23.3 Å². The second-order valence-electron chi connectivity index (χ2n) is 9.97. The molecule has 36 heavy (non-hydrogen) atoms. The molecule has 1 amide bonds. The normalized spacial score (nSPS) is 22.8. The number of likely N-dealkylation sites (N-methyl/N-ethyl adjacent to an activating group) is 1. The van der Waals surface area contributed by atoms with Gasteiger partial charge in [-0.1, -0.05) is 45.3 Å². The number of amides is 1. The number of piperazine rings is 2. The number of carbonyl (C=O) groups is 1. The van der Waals surface area contributed by atoms with Gasteiger partial charge in [-0.2, -0.15) is 4.98 Å². The molecule has 6 rings (SSSR count). The topological polar surface area (TPSA) is 89.5 Å². The number of hydrogen-bond donors (Lipinski definition) is 2. The molecule has 1 aliphatic carbocycles. The van der Waals surface area contributed by atoms with Crippen molar-refractivity contribution in [1.82, 2.24) is 25.2 Å². The van der Waals surface area contributed by atoms with E-state index in [4.69, 9.17) is 4.98 Å². The van der Waals surface area contributed by atoms with Crippen LogP contribution in [0.1, 0.15) is 51.5 Å². The summed E-state index contributed by atoms with van der Waals surface area (Å²) in [5.74, 6) is 2.11. The van der Waals surface area contributed by atoms with E-state index in [1.807, 2.05) is 44.5 Å². The van der Waals surface area contributed by atoms with Crippen LogP contribution < -0.4 is 20.4 Å². The maximum absolute atomic E-state index is 12.7. The summed E-state index contributed by atoms with van der Waals surface area (Å²) in [5.41, 5.74) is 2.01. The Morgan fingerprint density at radius 2 is 1.81 bits per heavy atom. The molecule has 192 valence electrons. The molecule has 0 aromatic carbocycles. The average Bonchev–Trinajstić information content (AvgIpc) is 2.93. The first-order valence-corrected chi connectivity index (χ1v) is 13.4. The molecule has 1 saturated carbocycles. The highest BCUT2D eigenvalue weighted by molar-refractivity contribution is 5.93. The highest BCUT2D eigenvalue weighted by Crippen LogP contribution is 2.42. The average molecular weight is 491 g/mol. The van der Waals surface area contributed by atoms with E-state index in [1.54, 1.807) is 0 Å². The third-order valence-corrected chi connectivity index (χ3v) is 7.77. The van der Waals surface area contributed by atoms with Crippen molar-refractivity contribution >= 4 is 35.3 Å². The second-order valence-corrected chi connectivity index (χ2v) is 9.97. The van der Waals surface area contributed by atoms with Gasteiger partial charge in [-0.05, 0) is 32.0 Å². The molecule has 3 fully saturated rings. The molecule has 2 aromatic rings. The van der Waals surface area contributed by atoms with E-state index in [1.165, 1.54) is 19.3 Å². The van der Waals surface area contributed by atoms with Crippen LogP contribution in [0.5, 0.6) is 0 Å². The molecule has 1 atom stereocenters. The van der Waals surface area contributed by atoms with E-state index < -0.39 is 0 Å². The van der Waals surface area contributed by atoms with Crippen LogP contribution in [0.3, 0.4) is 0 Å². The van der Waals surface area contributed by atoms with Crippen LogP contribution >= 0.6 is 0 Å². The van der Waals surface area contributed by atoms with Crippen LogP contribution in [0.25, 0.3) is 6.08 Å². The van der Waals surface area contributed by atoms with E-state index in [2.05, 4.69) is 48.4 Å². The minimum Gasteiger partial charge on any atom is -0.368 e. The summed E-state index contributed by atoms with van der Waals surface area (Å²) in [5, 5.41) is 6.43. The first kappa shape index (κ1) is 24.5. The van der Waals surface area contributed by atoms with Crippen molar-refractivity contribution in [2.24, 2.45) is 0 Å². The Labute approximate surface area is 214 Å². The minimum absolute atomic E-state index is 0.0485. The Balaban J connectivity index is 0.00000130. The first-order valence-electron chi connectivity index (χ1n) is 13.4. The molecule has 2 saturated heterocycles. The Morgan fingerprint density at radius 1 is 1.03 bits per heavy atom. The number of nitrogens with zero attached hydrogens (tertiary/aromatic N) is 6. The molecule has 1 unspecified atom stereocenters. The van der Waals surface area contributed by atoms with Crippen molar-refractivity contribution in [3.8, 4) is 0 Å². The smallest absolute Gasteiger partial charge is 0.246 e. The minimum atomic E-state index is -0.317. The van der Waals surface area contributed by atoms with Crippen molar-refractivity contribution < 1.29 is 4.79 Å². The predicted octanol–water partition coefficient (Wildman–Crippen LogP) is 3.43. The summed E-state index contributed by atoms with van der Waals surface area (Å²) >= 11 is 0. The molecule has 1 spiro atoms. The first-order chi connectivity index (χ1) is 17.6. The lowest BCUT2D eigenvalue weighted by Crippen LogP contribution is -2.69. The number of rotatable bonds is 3. The van der Waals surface area contributed by atoms with Gasteiger partial charge in [-0.25, -0.2) is 9.97 Å². The van der Waals surface area contributed by atoms with Crippen LogP contribution in [0.15, 0.2) is 30.6 Å². The fourth-order valence-corrected chi connectivity index (χ4v) is 5.79. The highest BCUT2D eigenvalue weighted by atomic mass is 16.2. The van der Waals surface area contributed by atoms with Crippen molar-refractivity contribution in [1.29, 1.82) is 0 Å². The van der Waals surface area contributed by atoms with Crippen molar-refractivity contribution in [3.63, 3.8) is 0 Å². The summed E-state index contributed by atoms with van der Waals surface area (Å²) < 4.78 is 0. The standard InChI is InChI=1S/C25H32N8O.C2H6/c1-31-11-13-32(14-12-31)19-6-8-21(26-16-19)29-24-27-15-18-5-7-20-23(34)28-17-25(9-3-2-4-10-25)33(20)22(18)30-24;1-2/h5-8,15-16,20H,2-4,9-14,17H2,1H3,(H,28,34)(H,26,27,29,30);1-2H3. The van der Waals surface area contributed by atoms with Gasteiger partial charge >= 0.3 is 0 Å². The Bertz CT molecular complexity index is 1090. The lowest BCUT2D eigenvalue weighted by atomic mass is 9.77. The molecule has 5 heterocycles. The lowest BCUT2D eigenvalue weighted by molar-refractivity contribution is -0.123. The molecule has 4 aliphatic rings. The molecule has 2 aromatic heterocycles. The second kappa shape index (κ2) is 10.4. The molecular formula is C27H38N8O. The molecular weight excluding hydrogens is 452 g/mol. The monoisotopic (exact) mass is 490 g/mol. The SMILES string of the molecule is CC.CN1CCN(c2ccc(Nc3ncc4c(n3)N3C(C=C4)C(=O)NCC34CCCCC4)nc2)CC1. The number of carbonyl (C=O) groups excluding carboxylic acids is 1. The van der Waals surface area contributed by atoms with Crippen LogP contribution in [0, 0.1) is 0 Å². The lowest BCUT2D eigenvalue weighted by Gasteiger charge is -2.54. The maximum atomic E-state index is 12.7. The Morgan fingerprint density at radius 3 is 2.53 bits per heavy atom. The molecule has 0 radical (unpaired) electrons. The summed E-state index contributed by atoms with van der Waals surface area (Å²) in [4.78, 5) is 33.8. The van der Waals surface area contributed by atoms with E-state index in [9.17, 15) is 4.79 Å². The third kappa shape index (κ3) is 4.64. The van der Waals surface area contributed by atoms with Gasteiger partial charge in [0, 0.05) is 44.5 Å². The van der Waals surface area contributed by atoms with Gasteiger partial charge in [0.2, 0.25) is 11.9 Å². The fraction of sp³-hybridized carbons (Fsp3) is 0.556. The van der Waals surface area contributed by atoms with Crippen molar-refractivity contribution in [2.45, 2.75) is 57.5 Å². The van der Waals surface area contributed by atoms with Crippen molar-refractivity contribution in [3.05, 3.63) is 36.2 Å². The Hall–Kier alpha value is -3.20. The molecule has 9 heteroatoms. The summed E-state index contributed by atoms with van der Waals surface area (Å²) in [7, 11) is 2.16. The van der Waals surface area contributed by atoms with E-state index in [-0.39, 0.29) is 17.5 Å². The zero-order valence-electron chi connectivity index (χ0n) is 21.7. The van der Waals surface area contributed by atoms with Crippen LogP contribution in [-0.2, 0) is 4.79 Å². The molecule has 0 bridgehead atoms. The predicted molar refractivity (Wildman–Crippen MR) is 145 cm³/mol. The van der Waals surface area contributed by atoms with Crippen molar-refractivity contribution in [2.75, 3.05) is 54.9 Å². The summed E-state index contributed by atoms with van der Waals surface area (Å²) in [6.07, 6.45) is 13.5. The van der Waals surface area contributed by atoms with Gasteiger partial charge < -0.3 is 25.3 Å². The third-order valence-electron chi connectivity index (χ3n) is 7.77. The summed E-state index contributed by atoms with van der Waals surface area (Å²) in [6, 6.07) is 3.77. The number of anilines is 4. The van der Waals surface area contributed by atoms with Gasteiger partial charge in [0.25, 0.3) is 0 Å². The van der Waals surface area contributed by atoms with Gasteiger partial charge in [-0.15, -0.1) is 0 Å². The van der Waals surface area contributed by atoms with Crippen LogP contribution in [0.2, 0.25) is 0 Å². The maximum Gasteiger partial charge on any atom is 0.246 e.